The monoisotopic (exact) mass is 295 g/mol. The number of nitro groups is 1. The molecule has 112 valence electrons. The van der Waals surface area contributed by atoms with Gasteiger partial charge in [0.25, 0.3) is 5.69 Å². The molecule has 8 nitrogen and oxygen atoms in total. The molecule has 2 saturated heterocycles. The summed E-state index contributed by atoms with van der Waals surface area (Å²) in [5.74, 6) is 0.221. The Kier molecular flexibility index (Phi) is 3.72. The summed E-state index contributed by atoms with van der Waals surface area (Å²) in [6.45, 7) is 0.872. The summed E-state index contributed by atoms with van der Waals surface area (Å²) in [4.78, 5) is 21.7. The molecule has 0 spiro atoms. The van der Waals surface area contributed by atoms with E-state index >= 15 is 0 Å². The van der Waals surface area contributed by atoms with Gasteiger partial charge in [0.1, 0.15) is 11.9 Å². The molecular formula is C13H13NO7. The second-order valence-electron chi connectivity index (χ2n) is 4.78. The number of carbonyl (C=O) groups is 1. The van der Waals surface area contributed by atoms with Crippen molar-refractivity contribution in [2.24, 2.45) is 5.92 Å². The van der Waals surface area contributed by atoms with Crippen LogP contribution in [0.4, 0.5) is 10.5 Å². The molecule has 0 amide bonds. The number of nitro benzene ring substituents is 1. The van der Waals surface area contributed by atoms with Gasteiger partial charge in [-0.1, -0.05) is 0 Å². The highest BCUT2D eigenvalue weighted by atomic mass is 16.8. The molecule has 0 aliphatic carbocycles. The largest absolute Gasteiger partial charge is 0.514 e. The molecule has 0 bridgehead atoms. The first-order valence-corrected chi connectivity index (χ1v) is 6.49. The molecule has 2 heterocycles. The quantitative estimate of drug-likeness (QED) is 0.363. The average Bonchev–Trinajstić information content (AvgIpc) is 3.04. The Labute approximate surface area is 119 Å². The summed E-state index contributed by atoms with van der Waals surface area (Å²) < 4.78 is 20.9. The summed E-state index contributed by atoms with van der Waals surface area (Å²) in [5.41, 5.74) is -0.0779. The van der Waals surface area contributed by atoms with Crippen LogP contribution < -0.4 is 4.74 Å². The average molecular weight is 295 g/mol. The molecule has 2 fully saturated rings. The van der Waals surface area contributed by atoms with Crippen molar-refractivity contribution in [3.8, 4) is 5.75 Å². The molecule has 21 heavy (non-hydrogen) atoms. The standard InChI is InChI=1S/C13H13NO7/c15-13(20-9-3-1-8(2-4-9)14(16)17)21-11-7-19-12-10(11)5-6-18-12/h1-4,10-12H,5-7H2/t10-,11?,12+/m0/s1. The lowest BCUT2D eigenvalue weighted by molar-refractivity contribution is -0.384. The van der Waals surface area contributed by atoms with E-state index in [9.17, 15) is 14.9 Å². The number of benzene rings is 1. The Morgan fingerprint density at radius 1 is 1.29 bits per heavy atom. The van der Waals surface area contributed by atoms with Gasteiger partial charge in [0, 0.05) is 12.1 Å². The van der Waals surface area contributed by atoms with Crippen LogP contribution >= 0.6 is 0 Å². The highest BCUT2D eigenvalue weighted by molar-refractivity contribution is 5.64. The Hall–Kier alpha value is -2.19. The smallest absolute Gasteiger partial charge is 0.428 e. The highest BCUT2D eigenvalue weighted by Gasteiger charge is 2.44. The third kappa shape index (κ3) is 2.96. The van der Waals surface area contributed by atoms with Crippen LogP contribution in [0.2, 0.25) is 0 Å². The van der Waals surface area contributed by atoms with Gasteiger partial charge in [-0.15, -0.1) is 0 Å². The first kappa shape index (κ1) is 13.8. The maximum absolute atomic E-state index is 11.7. The fourth-order valence-corrected chi connectivity index (χ4v) is 2.43. The zero-order valence-corrected chi connectivity index (χ0v) is 11.0. The lowest BCUT2D eigenvalue weighted by atomic mass is 10.0. The maximum atomic E-state index is 11.7. The highest BCUT2D eigenvalue weighted by Crippen LogP contribution is 2.33. The van der Waals surface area contributed by atoms with Gasteiger partial charge in [-0.3, -0.25) is 10.1 Å². The fourth-order valence-electron chi connectivity index (χ4n) is 2.43. The number of non-ortho nitro benzene ring substituents is 1. The third-order valence-electron chi connectivity index (χ3n) is 3.48. The van der Waals surface area contributed by atoms with Crippen LogP contribution in [0.25, 0.3) is 0 Å². The Morgan fingerprint density at radius 3 is 2.76 bits per heavy atom. The van der Waals surface area contributed by atoms with Gasteiger partial charge in [-0.25, -0.2) is 4.79 Å². The summed E-state index contributed by atoms with van der Waals surface area (Å²) in [7, 11) is 0. The minimum Gasteiger partial charge on any atom is -0.428 e. The molecule has 0 saturated carbocycles. The SMILES string of the molecule is O=C(Oc1ccc([N+](=O)[O-])cc1)OC1CO[C@H]2OCC[C@@H]12. The molecule has 2 aliphatic rings. The fraction of sp³-hybridized carbons (Fsp3) is 0.462. The van der Waals surface area contributed by atoms with Crippen LogP contribution in [0, 0.1) is 16.0 Å². The van der Waals surface area contributed by atoms with Crippen LogP contribution in [0.1, 0.15) is 6.42 Å². The van der Waals surface area contributed by atoms with Gasteiger partial charge >= 0.3 is 6.16 Å². The normalized spacial score (nSPS) is 27.1. The molecule has 1 aromatic rings. The first-order valence-electron chi connectivity index (χ1n) is 6.49. The predicted octanol–water partition coefficient (Wildman–Crippen LogP) is 1.87. The van der Waals surface area contributed by atoms with Crippen molar-refractivity contribution in [3.05, 3.63) is 34.4 Å². The van der Waals surface area contributed by atoms with Crippen molar-refractivity contribution < 1.29 is 28.7 Å². The van der Waals surface area contributed by atoms with Crippen molar-refractivity contribution >= 4 is 11.8 Å². The first-order chi connectivity index (χ1) is 10.1. The van der Waals surface area contributed by atoms with Gasteiger partial charge in [0.15, 0.2) is 6.29 Å². The molecule has 0 radical (unpaired) electrons. The van der Waals surface area contributed by atoms with Crippen molar-refractivity contribution in [3.63, 3.8) is 0 Å². The third-order valence-corrected chi connectivity index (χ3v) is 3.48. The Balaban J connectivity index is 1.55. The van der Waals surface area contributed by atoms with Crippen LogP contribution in [0.3, 0.4) is 0 Å². The van der Waals surface area contributed by atoms with E-state index in [1.54, 1.807) is 0 Å². The van der Waals surface area contributed by atoms with Gasteiger partial charge < -0.3 is 18.9 Å². The predicted molar refractivity (Wildman–Crippen MR) is 67.8 cm³/mol. The van der Waals surface area contributed by atoms with E-state index in [0.29, 0.717) is 6.61 Å². The number of fused-ring (bicyclic) bond motifs is 1. The second-order valence-corrected chi connectivity index (χ2v) is 4.78. The van der Waals surface area contributed by atoms with Crippen LogP contribution in [-0.4, -0.2) is 36.7 Å². The molecule has 0 N–H and O–H groups in total. The molecule has 1 aromatic carbocycles. The van der Waals surface area contributed by atoms with E-state index in [-0.39, 0.29) is 36.4 Å². The molecule has 2 aliphatic heterocycles. The lowest BCUT2D eigenvalue weighted by Gasteiger charge is -2.15. The van der Waals surface area contributed by atoms with Crippen molar-refractivity contribution in [2.75, 3.05) is 13.2 Å². The van der Waals surface area contributed by atoms with Crippen molar-refractivity contribution in [1.29, 1.82) is 0 Å². The Morgan fingerprint density at radius 2 is 2.05 bits per heavy atom. The van der Waals surface area contributed by atoms with Gasteiger partial charge in [-0.2, -0.15) is 0 Å². The summed E-state index contributed by atoms with van der Waals surface area (Å²) >= 11 is 0. The number of rotatable bonds is 3. The topological polar surface area (TPSA) is 97.1 Å². The second kappa shape index (κ2) is 5.66. The van der Waals surface area contributed by atoms with E-state index in [4.69, 9.17) is 18.9 Å². The van der Waals surface area contributed by atoms with E-state index in [1.165, 1.54) is 24.3 Å². The minimum atomic E-state index is -0.856. The zero-order chi connectivity index (χ0) is 14.8. The van der Waals surface area contributed by atoms with Crippen molar-refractivity contribution in [2.45, 2.75) is 18.8 Å². The lowest BCUT2D eigenvalue weighted by Crippen LogP contribution is -2.27. The minimum absolute atomic E-state index is 0.0365. The molecular weight excluding hydrogens is 282 g/mol. The van der Waals surface area contributed by atoms with Gasteiger partial charge in [-0.05, 0) is 18.6 Å². The van der Waals surface area contributed by atoms with E-state index < -0.39 is 11.1 Å². The molecule has 8 heteroatoms. The van der Waals surface area contributed by atoms with Crippen molar-refractivity contribution in [1.82, 2.24) is 0 Å². The number of hydrogen-bond donors (Lipinski definition) is 0. The summed E-state index contributed by atoms with van der Waals surface area (Å²) in [6.07, 6.45) is -0.768. The van der Waals surface area contributed by atoms with E-state index in [1.807, 2.05) is 0 Å². The summed E-state index contributed by atoms with van der Waals surface area (Å²) in [5, 5.41) is 10.5. The molecule has 3 atom stereocenters. The van der Waals surface area contributed by atoms with Crippen LogP contribution in [-0.2, 0) is 14.2 Å². The molecule has 1 unspecified atom stereocenters. The molecule has 0 aromatic heterocycles. The maximum Gasteiger partial charge on any atom is 0.514 e. The number of hydrogen-bond acceptors (Lipinski definition) is 7. The van der Waals surface area contributed by atoms with E-state index in [0.717, 1.165) is 6.42 Å². The van der Waals surface area contributed by atoms with Gasteiger partial charge in [0.05, 0.1) is 24.1 Å². The summed E-state index contributed by atoms with van der Waals surface area (Å²) in [6, 6.07) is 5.18. The van der Waals surface area contributed by atoms with Gasteiger partial charge in [0.2, 0.25) is 0 Å². The number of carbonyl (C=O) groups excluding carboxylic acids is 1. The number of nitrogens with zero attached hydrogens (tertiary/aromatic N) is 1. The van der Waals surface area contributed by atoms with E-state index in [2.05, 4.69) is 0 Å². The zero-order valence-electron chi connectivity index (χ0n) is 11.0. The number of ether oxygens (including phenoxy) is 4. The van der Waals surface area contributed by atoms with Crippen LogP contribution in [0.5, 0.6) is 5.75 Å². The van der Waals surface area contributed by atoms with Crippen LogP contribution in [0.15, 0.2) is 24.3 Å². The Bertz CT molecular complexity index is 544. The molecule has 3 rings (SSSR count).